The van der Waals surface area contributed by atoms with E-state index < -0.39 is 0 Å². The van der Waals surface area contributed by atoms with E-state index in [0.29, 0.717) is 16.2 Å². The van der Waals surface area contributed by atoms with Crippen LogP contribution in [0.4, 0.5) is 17.1 Å². The first-order valence-corrected chi connectivity index (χ1v) is 11.5. The van der Waals surface area contributed by atoms with Gasteiger partial charge in [-0.1, -0.05) is 126 Å². The van der Waals surface area contributed by atoms with Crippen LogP contribution in [0.15, 0.2) is 125 Å². The molecule has 40 heavy (non-hydrogen) atoms. The minimum Gasteiger partial charge on any atom is -0.871 e. The molecule has 0 atom stereocenters. The van der Waals surface area contributed by atoms with Crippen LogP contribution in [-0.4, -0.2) is 0 Å². The van der Waals surface area contributed by atoms with Gasteiger partial charge in [-0.3, -0.25) is 0 Å². The summed E-state index contributed by atoms with van der Waals surface area (Å²) in [5.41, 5.74) is -0.00528. The third-order valence-electron chi connectivity index (χ3n) is 5.86. The predicted octanol–water partition coefficient (Wildman–Crippen LogP) is 6.93. The zero-order valence-electron chi connectivity index (χ0n) is 20.5. The molecule has 0 amide bonds. The van der Waals surface area contributed by atoms with Crippen molar-refractivity contribution in [2.24, 2.45) is 15.5 Å². The van der Waals surface area contributed by atoms with E-state index in [1.807, 2.05) is 36.4 Å². The maximum atomic E-state index is 11.2. The number of nitroso groups, excluding NO2 is 3. The molecule has 0 unspecified atom stereocenters. The number of hydrogen-bond donors (Lipinski definition) is 0. The van der Waals surface area contributed by atoms with E-state index in [1.165, 1.54) is 18.2 Å². The molecule has 6 rings (SSSR count). The molecule has 6 aromatic carbocycles. The van der Waals surface area contributed by atoms with Crippen LogP contribution in [-0.2, 0) is 17.1 Å². The number of benzene rings is 6. The van der Waals surface area contributed by atoms with Crippen molar-refractivity contribution in [2.45, 2.75) is 0 Å². The molecule has 0 saturated carbocycles. The van der Waals surface area contributed by atoms with Crippen molar-refractivity contribution in [1.29, 1.82) is 0 Å². The Morgan fingerprint density at radius 1 is 0.375 bits per heavy atom. The molecule has 0 heterocycles. The summed E-state index contributed by atoms with van der Waals surface area (Å²) in [6.45, 7) is 0. The maximum Gasteiger partial charge on any atom is 3.00 e. The van der Waals surface area contributed by atoms with Crippen LogP contribution in [0.5, 0.6) is 17.2 Å². The molecule has 0 saturated heterocycles. The Balaban J connectivity index is 0.000000163. The van der Waals surface area contributed by atoms with Gasteiger partial charge in [-0.05, 0) is 31.7 Å². The molecule has 9 nitrogen and oxygen atoms in total. The first-order valence-electron chi connectivity index (χ1n) is 11.5. The summed E-state index contributed by atoms with van der Waals surface area (Å²) in [5.74, 6) is -0.976. The second-order valence-electron chi connectivity index (χ2n) is 8.17. The molecule has 197 valence electrons. The normalized spacial score (nSPS) is 9.90. The number of fused-ring (bicyclic) bond motifs is 3. The van der Waals surface area contributed by atoms with E-state index in [0.717, 1.165) is 16.2 Å². The molecular formula is C30H18FeN3O6. The van der Waals surface area contributed by atoms with Gasteiger partial charge in [0.1, 0.15) is 17.1 Å². The predicted molar refractivity (Wildman–Crippen MR) is 147 cm³/mol. The average molecular weight is 572 g/mol. The fourth-order valence-corrected chi connectivity index (χ4v) is 3.99. The van der Waals surface area contributed by atoms with Gasteiger partial charge in [-0.25, -0.2) is 0 Å². The monoisotopic (exact) mass is 572 g/mol. The van der Waals surface area contributed by atoms with E-state index >= 15 is 0 Å². The summed E-state index contributed by atoms with van der Waals surface area (Å²) in [5, 5.41) is 46.1. The van der Waals surface area contributed by atoms with Gasteiger partial charge in [0.25, 0.3) is 0 Å². The fourth-order valence-electron chi connectivity index (χ4n) is 3.99. The smallest absolute Gasteiger partial charge is 0.871 e. The molecule has 0 aliphatic heterocycles. The standard InChI is InChI=1S/3C10H7NO2.Fe/c3*12-9-6-5-7-3-1-2-4-8(7)10(9)11-13;/h3*1-6,12H;/q;;;+3/p-3. The Morgan fingerprint density at radius 2 is 0.625 bits per heavy atom. The van der Waals surface area contributed by atoms with Crippen LogP contribution in [0.1, 0.15) is 0 Å². The number of hydrogen-bond acceptors (Lipinski definition) is 9. The van der Waals surface area contributed by atoms with Crippen molar-refractivity contribution in [1.82, 2.24) is 0 Å². The van der Waals surface area contributed by atoms with Crippen LogP contribution in [0.25, 0.3) is 32.3 Å². The topological polar surface area (TPSA) is 157 Å². The summed E-state index contributed by atoms with van der Waals surface area (Å²) in [6.07, 6.45) is 0. The van der Waals surface area contributed by atoms with Gasteiger partial charge in [0.2, 0.25) is 0 Å². The zero-order chi connectivity index (χ0) is 27.8. The fraction of sp³-hybridized carbons (Fsp3) is 0. The van der Waals surface area contributed by atoms with Gasteiger partial charge in [0, 0.05) is 16.2 Å². The van der Waals surface area contributed by atoms with Gasteiger partial charge in [0.15, 0.2) is 0 Å². The molecule has 0 aliphatic carbocycles. The Bertz CT molecular complexity index is 1620. The quantitative estimate of drug-likeness (QED) is 0.165. The van der Waals surface area contributed by atoms with Crippen molar-refractivity contribution in [3.05, 3.63) is 124 Å². The summed E-state index contributed by atoms with van der Waals surface area (Å²) >= 11 is 0. The van der Waals surface area contributed by atoms with Crippen molar-refractivity contribution in [3.63, 3.8) is 0 Å². The Labute approximate surface area is 238 Å². The van der Waals surface area contributed by atoms with Crippen LogP contribution in [0.3, 0.4) is 0 Å². The van der Waals surface area contributed by atoms with Gasteiger partial charge in [-0.15, -0.1) is 14.7 Å². The van der Waals surface area contributed by atoms with Crippen molar-refractivity contribution in [2.75, 3.05) is 0 Å². The van der Waals surface area contributed by atoms with Gasteiger partial charge in [0.05, 0.1) is 0 Å². The number of rotatable bonds is 3. The molecule has 1 radical (unpaired) electrons. The molecule has 0 N–H and O–H groups in total. The molecular weight excluding hydrogens is 554 g/mol. The van der Waals surface area contributed by atoms with Gasteiger partial charge < -0.3 is 15.3 Å². The Hall–Kier alpha value is -5.18. The van der Waals surface area contributed by atoms with Crippen LogP contribution < -0.4 is 15.3 Å². The van der Waals surface area contributed by atoms with E-state index in [4.69, 9.17) is 0 Å². The first kappa shape index (κ1) is 29.4. The molecule has 6 aromatic rings. The minimum atomic E-state index is -0.325. The number of nitrogens with zero attached hydrogens (tertiary/aromatic N) is 3. The van der Waals surface area contributed by atoms with Crippen molar-refractivity contribution >= 4 is 49.4 Å². The molecule has 0 aliphatic rings. The molecule has 0 bridgehead atoms. The summed E-state index contributed by atoms with van der Waals surface area (Å²) < 4.78 is 0. The first-order chi connectivity index (χ1) is 19.0. The second-order valence-corrected chi connectivity index (χ2v) is 8.17. The maximum absolute atomic E-state index is 11.2. The van der Waals surface area contributed by atoms with E-state index in [9.17, 15) is 30.0 Å². The Kier molecular flexibility index (Phi) is 9.96. The van der Waals surface area contributed by atoms with Gasteiger partial charge in [-0.2, -0.15) is 0 Å². The summed E-state index contributed by atoms with van der Waals surface area (Å²) in [6, 6.07) is 30.7. The Morgan fingerprint density at radius 3 is 0.875 bits per heavy atom. The molecule has 0 spiro atoms. The van der Waals surface area contributed by atoms with Crippen LogP contribution >= 0.6 is 0 Å². The van der Waals surface area contributed by atoms with Gasteiger partial charge >= 0.3 is 17.1 Å². The minimum absolute atomic E-state index is 0. The van der Waals surface area contributed by atoms with Crippen LogP contribution in [0, 0.1) is 14.7 Å². The largest absolute Gasteiger partial charge is 3.00 e. The zero-order valence-corrected chi connectivity index (χ0v) is 21.6. The molecule has 0 fully saturated rings. The SMILES string of the molecule is O=Nc1c([O-])ccc2ccccc12.O=Nc1c([O-])ccc2ccccc12.O=Nc1c([O-])ccc2ccccc12.[Fe+3]. The van der Waals surface area contributed by atoms with Crippen molar-refractivity contribution in [3.8, 4) is 17.2 Å². The summed E-state index contributed by atoms with van der Waals surface area (Å²) in [7, 11) is 0. The van der Waals surface area contributed by atoms with Crippen LogP contribution in [0.2, 0.25) is 0 Å². The molecule has 0 aromatic heterocycles. The van der Waals surface area contributed by atoms with Crippen molar-refractivity contribution < 1.29 is 32.4 Å². The summed E-state index contributed by atoms with van der Waals surface area (Å²) in [4.78, 5) is 31.2. The molecule has 10 heteroatoms. The second kappa shape index (κ2) is 13.6. The van der Waals surface area contributed by atoms with E-state index in [-0.39, 0.29) is 51.4 Å². The van der Waals surface area contributed by atoms with E-state index in [1.54, 1.807) is 54.6 Å². The average Bonchev–Trinajstić information content (AvgIpc) is 2.98. The van der Waals surface area contributed by atoms with E-state index in [2.05, 4.69) is 15.5 Å². The third kappa shape index (κ3) is 6.27. The third-order valence-corrected chi connectivity index (χ3v) is 5.86.